The summed E-state index contributed by atoms with van der Waals surface area (Å²) >= 11 is 0. The van der Waals surface area contributed by atoms with Crippen LogP contribution in [-0.4, -0.2) is 5.78 Å². The van der Waals surface area contributed by atoms with Crippen molar-refractivity contribution < 1.29 is 4.79 Å². The first-order valence-electron chi connectivity index (χ1n) is 6.91. The zero-order chi connectivity index (χ0) is 13.2. The number of hydrogen-bond acceptors (Lipinski definition) is 1. The molecule has 0 saturated heterocycles. The van der Waals surface area contributed by atoms with Crippen LogP contribution in [-0.2, 0) is 4.79 Å². The van der Waals surface area contributed by atoms with Gasteiger partial charge in [0.05, 0.1) is 0 Å². The molecule has 0 fully saturated rings. The van der Waals surface area contributed by atoms with Crippen LogP contribution in [0.15, 0.2) is 54.6 Å². The summed E-state index contributed by atoms with van der Waals surface area (Å²) < 4.78 is 0. The van der Waals surface area contributed by atoms with Gasteiger partial charge in [-0.1, -0.05) is 54.6 Å². The van der Waals surface area contributed by atoms with E-state index in [4.69, 9.17) is 0 Å². The molecule has 1 aliphatic rings. The number of rotatable bonds is 2. The average Bonchev–Trinajstić information content (AvgIpc) is 2.47. The van der Waals surface area contributed by atoms with Crippen LogP contribution in [0.4, 0.5) is 0 Å². The zero-order valence-corrected chi connectivity index (χ0v) is 11.2. The minimum Gasteiger partial charge on any atom is -0.299 e. The van der Waals surface area contributed by atoms with Gasteiger partial charge in [-0.05, 0) is 36.5 Å². The van der Waals surface area contributed by atoms with E-state index in [1.807, 2.05) is 6.07 Å². The van der Waals surface area contributed by atoms with E-state index in [9.17, 15) is 4.79 Å². The molecule has 2 aromatic carbocycles. The highest BCUT2D eigenvalue weighted by Crippen LogP contribution is 2.42. The molecule has 96 valence electrons. The van der Waals surface area contributed by atoms with Crippen molar-refractivity contribution in [2.24, 2.45) is 0 Å². The summed E-state index contributed by atoms with van der Waals surface area (Å²) in [5.41, 5.74) is 3.92. The van der Waals surface area contributed by atoms with E-state index in [0.717, 1.165) is 12.8 Å². The molecule has 0 aliphatic heterocycles. The van der Waals surface area contributed by atoms with E-state index >= 15 is 0 Å². The van der Waals surface area contributed by atoms with Gasteiger partial charge >= 0.3 is 0 Å². The summed E-state index contributed by atoms with van der Waals surface area (Å²) in [6.07, 6.45) is 2.02. The first-order chi connectivity index (χ1) is 9.27. The van der Waals surface area contributed by atoms with Crippen LogP contribution in [0.5, 0.6) is 0 Å². The predicted octanol–water partition coefficient (Wildman–Crippen LogP) is 4.28. The maximum atomic E-state index is 11.8. The normalized spacial score (nSPS) is 21.7. The number of ketones is 1. The largest absolute Gasteiger partial charge is 0.299 e. The SMILES string of the molecule is CC(=O)[C@H]1CCC(c2ccccc2)c2ccccc21. The molecule has 0 aromatic heterocycles. The van der Waals surface area contributed by atoms with Crippen LogP contribution in [0, 0.1) is 0 Å². The molecule has 3 rings (SSSR count). The summed E-state index contributed by atoms with van der Waals surface area (Å²) in [4.78, 5) is 11.8. The third-order valence-electron chi connectivity index (χ3n) is 4.18. The van der Waals surface area contributed by atoms with Crippen molar-refractivity contribution in [3.8, 4) is 0 Å². The van der Waals surface area contributed by atoms with Crippen molar-refractivity contribution in [3.05, 3.63) is 71.3 Å². The Kier molecular flexibility index (Phi) is 3.20. The fraction of sp³-hybridized carbons (Fsp3) is 0.278. The van der Waals surface area contributed by atoms with E-state index in [0.29, 0.717) is 11.7 Å². The van der Waals surface area contributed by atoms with Gasteiger partial charge in [-0.15, -0.1) is 0 Å². The smallest absolute Gasteiger partial charge is 0.137 e. The van der Waals surface area contributed by atoms with Gasteiger partial charge in [0.25, 0.3) is 0 Å². The highest BCUT2D eigenvalue weighted by atomic mass is 16.1. The number of benzene rings is 2. The molecule has 2 aromatic rings. The molecule has 0 heterocycles. The monoisotopic (exact) mass is 250 g/mol. The van der Waals surface area contributed by atoms with E-state index in [2.05, 4.69) is 48.5 Å². The highest BCUT2D eigenvalue weighted by molar-refractivity contribution is 5.84. The molecule has 19 heavy (non-hydrogen) atoms. The molecule has 0 amide bonds. The van der Waals surface area contributed by atoms with Crippen LogP contribution in [0.2, 0.25) is 0 Å². The first-order valence-corrected chi connectivity index (χ1v) is 6.91. The number of Topliss-reactive ketones (excluding diaryl/α,β-unsaturated/α-hetero) is 1. The average molecular weight is 250 g/mol. The zero-order valence-electron chi connectivity index (χ0n) is 11.2. The molecule has 1 heteroatoms. The maximum Gasteiger partial charge on any atom is 0.137 e. The lowest BCUT2D eigenvalue weighted by atomic mass is 9.73. The van der Waals surface area contributed by atoms with Gasteiger partial charge in [0, 0.05) is 11.8 Å². The Labute approximate surface area is 114 Å². The van der Waals surface area contributed by atoms with Crippen LogP contribution in [0.25, 0.3) is 0 Å². The van der Waals surface area contributed by atoms with Gasteiger partial charge in [-0.3, -0.25) is 4.79 Å². The lowest BCUT2D eigenvalue weighted by Gasteiger charge is -2.30. The van der Waals surface area contributed by atoms with Gasteiger partial charge < -0.3 is 0 Å². The molecule has 2 atom stereocenters. The third kappa shape index (κ3) is 2.21. The van der Waals surface area contributed by atoms with Gasteiger partial charge in [0.1, 0.15) is 5.78 Å². The lowest BCUT2D eigenvalue weighted by Crippen LogP contribution is -2.19. The molecule has 0 bridgehead atoms. The summed E-state index contributed by atoms with van der Waals surface area (Å²) in [5, 5.41) is 0. The Bertz CT molecular complexity index is 586. The highest BCUT2D eigenvalue weighted by Gasteiger charge is 2.29. The van der Waals surface area contributed by atoms with Crippen LogP contribution >= 0.6 is 0 Å². The topological polar surface area (TPSA) is 17.1 Å². The second-order valence-electron chi connectivity index (χ2n) is 5.33. The van der Waals surface area contributed by atoms with E-state index in [-0.39, 0.29) is 5.92 Å². The minimum atomic E-state index is 0.0937. The second-order valence-corrected chi connectivity index (χ2v) is 5.33. The van der Waals surface area contributed by atoms with Crippen LogP contribution in [0.3, 0.4) is 0 Å². The van der Waals surface area contributed by atoms with Crippen LogP contribution < -0.4 is 0 Å². The standard InChI is InChI=1S/C18H18O/c1-13(19)15-11-12-16(14-7-3-2-4-8-14)18-10-6-5-9-17(15)18/h2-10,15-16H,11-12H2,1H3/t15-,16?/m1/s1. The number of fused-ring (bicyclic) bond motifs is 1. The van der Waals surface area contributed by atoms with Crippen molar-refractivity contribution in [1.29, 1.82) is 0 Å². The summed E-state index contributed by atoms with van der Waals surface area (Å²) in [7, 11) is 0. The Balaban J connectivity index is 2.07. The predicted molar refractivity (Wildman–Crippen MR) is 77.4 cm³/mol. The fourth-order valence-electron chi connectivity index (χ4n) is 3.24. The number of carbonyl (C=O) groups is 1. The first kappa shape index (κ1) is 12.2. The summed E-state index contributed by atoms with van der Waals surface area (Å²) in [5.74, 6) is 0.822. The molecule has 1 unspecified atom stereocenters. The van der Waals surface area contributed by atoms with Crippen LogP contribution in [0.1, 0.15) is 48.3 Å². The lowest BCUT2D eigenvalue weighted by molar-refractivity contribution is -0.118. The number of hydrogen-bond donors (Lipinski definition) is 0. The fourth-order valence-corrected chi connectivity index (χ4v) is 3.24. The molecule has 0 saturated carbocycles. The second kappa shape index (κ2) is 5.00. The van der Waals surface area contributed by atoms with Gasteiger partial charge in [0.2, 0.25) is 0 Å². The Hall–Kier alpha value is -1.89. The van der Waals surface area contributed by atoms with Gasteiger partial charge in [-0.25, -0.2) is 0 Å². The van der Waals surface area contributed by atoms with Crippen molar-refractivity contribution in [1.82, 2.24) is 0 Å². The Morgan fingerprint density at radius 2 is 1.53 bits per heavy atom. The van der Waals surface area contributed by atoms with E-state index < -0.39 is 0 Å². The molecule has 1 aliphatic carbocycles. The molecule has 0 N–H and O–H groups in total. The molecule has 0 spiro atoms. The van der Waals surface area contributed by atoms with Crippen molar-refractivity contribution in [2.45, 2.75) is 31.6 Å². The Morgan fingerprint density at radius 3 is 2.21 bits per heavy atom. The van der Waals surface area contributed by atoms with Crippen molar-refractivity contribution in [3.63, 3.8) is 0 Å². The van der Waals surface area contributed by atoms with Crippen molar-refractivity contribution in [2.75, 3.05) is 0 Å². The summed E-state index contributed by atoms with van der Waals surface area (Å²) in [6, 6.07) is 19.0. The third-order valence-corrected chi connectivity index (χ3v) is 4.18. The Morgan fingerprint density at radius 1 is 0.895 bits per heavy atom. The quantitative estimate of drug-likeness (QED) is 0.777. The maximum absolute atomic E-state index is 11.8. The molecular formula is C18H18O. The van der Waals surface area contributed by atoms with Crippen molar-refractivity contribution >= 4 is 5.78 Å². The number of carbonyl (C=O) groups excluding carboxylic acids is 1. The molecule has 1 nitrogen and oxygen atoms in total. The van der Waals surface area contributed by atoms with Gasteiger partial charge in [-0.2, -0.15) is 0 Å². The summed E-state index contributed by atoms with van der Waals surface area (Å²) in [6.45, 7) is 1.71. The van der Waals surface area contributed by atoms with E-state index in [1.165, 1.54) is 16.7 Å². The van der Waals surface area contributed by atoms with Gasteiger partial charge in [0.15, 0.2) is 0 Å². The minimum absolute atomic E-state index is 0.0937. The van der Waals surface area contributed by atoms with E-state index in [1.54, 1.807) is 6.92 Å². The molecule has 0 radical (unpaired) electrons. The molecular weight excluding hydrogens is 232 g/mol.